The Morgan fingerprint density at radius 3 is 1.44 bits per heavy atom. The summed E-state index contributed by atoms with van der Waals surface area (Å²) in [4.78, 5) is 27.7. The third-order valence-corrected chi connectivity index (χ3v) is 17.4. The van der Waals surface area contributed by atoms with Crippen LogP contribution in [-0.4, -0.2) is 166 Å². The Morgan fingerprint density at radius 2 is 1.04 bits per heavy atom. The molecule has 18 heteroatoms. The van der Waals surface area contributed by atoms with Crippen molar-refractivity contribution in [1.29, 1.82) is 0 Å². The molecule has 5 heterocycles. The molecule has 430 valence electrons. The lowest BCUT2D eigenvalue weighted by atomic mass is 9.76. The van der Waals surface area contributed by atoms with E-state index in [0.29, 0.717) is 12.8 Å². The van der Waals surface area contributed by atoms with Crippen LogP contribution in [0.3, 0.4) is 0 Å². The smallest absolute Gasteiger partial charge is 0.334 e. The lowest BCUT2D eigenvalue weighted by Crippen LogP contribution is -2.60. The number of hydrogen-bond donors (Lipinski definition) is 6. The van der Waals surface area contributed by atoms with Crippen molar-refractivity contribution >= 4 is 11.9 Å². The van der Waals surface area contributed by atoms with Crippen molar-refractivity contribution < 1.29 is 87.6 Å². The summed E-state index contributed by atoms with van der Waals surface area (Å²) in [7, 11) is 3.05. The molecule has 0 aromatic heterocycles. The summed E-state index contributed by atoms with van der Waals surface area (Å²) in [5, 5.41) is 66.2. The summed E-state index contributed by atoms with van der Waals surface area (Å²) >= 11 is 0. The number of hydrogen-bond acceptors (Lipinski definition) is 18. The van der Waals surface area contributed by atoms with Gasteiger partial charge in [0, 0.05) is 98.9 Å². The van der Waals surface area contributed by atoms with Gasteiger partial charge in [-0.3, -0.25) is 0 Å². The first kappa shape index (κ1) is 63.2. The van der Waals surface area contributed by atoms with Crippen molar-refractivity contribution in [3.63, 3.8) is 0 Å². The first-order valence-corrected chi connectivity index (χ1v) is 27.6. The molecule has 0 aromatic carbocycles. The van der Waals surface area contributed by atoms with Gasteiger partial charge in [0.1, 0.15) is 24.4 Å². The summed E-state index contributed by atoms with van der Waals surface area (Å²) in [5.41, 5.74) is 0.281. The molecule has 0 radical (unpaired) electrons. The molecule has 0 saturated carbocycles. The molecule has 0 aliphatic carbocycles. The van der Waals surface area contributed by atoms with Gasteiger partial charge in [0.25, 0.3) is 0 Å². The number of rotatable bonds is 16. The molecule has 0 amide bonds. The fourth-order valence-corrected chi connectivity index (χ4v) is 12.3. The molecule has 18 nitrogen and oxygen atoms in total. The van der Waals surface area contributed by atoms with Crippen LogP contribution < -0.4 is 0 Å². The van der Waals surface area contributed by atoms with Crippen LogP contribution in [0.4, 0.5) is 0 Å². The Kier molecular flexibility index (Phi) is 23.1. The van der Waals surface area contributed by atoms with Crippen molar-refractivity contribution in [2.24, 2.45) is 47.3 Å². The van der Waals surface area contributed by atoms with Crippen molar-refractivity contribution in [3.05, 3.63) is 48.1 Å². The van der Waals surface area contributed by atoms with Crippen LogP contribution in [0.2, 0.25) is 0 Å². The Morgan fingerprint density at radius 1 is 0.627 bits per heavy atom. The van der Waals surface area contributed by atoms with Crippen molar-refractivity contribution in [1.82, 2.24) is 0 Å². The zero-order valence-corrected chi connectivity index (χ0v) is 47.2. The molecule has 26 atom stereocenters. The van der Waals surface area contributed by atoms with Gasteiger partial charge in [0.05, 0.1) is 61.0 Å². The minimum atomic E-state index is -1.33. The third-order valence-electron chi connectivity index (χ3n) is 17.4. The SMILES string of the molecule is CC[C@@H]1[C@@H](C)O[C@@](OC)([C@@H](C)[C@H](O)[C@H](C)[C@H]2OC(=O)C=CC=C[C@H](C)[C@@H]([C@@H](C)[C@@H](O)[C@H](C)[C@@]3(OC)C[C@@H](O[C@H]4C[C@H](O)[C@H](O)[C@H](C)O4)[C@H](CC)[C@@H](C)O3)OC(=O)C(C)=CC=C[C@@H]2C)C[C@H]1O[C@H]1C[C@H](O)[C@H](O)[C@H](C)O1. The number of carbonyl (C=O) groups is 2. The number of methoxy groups -OCH3 is 2. The van der Waals surface area contributed by atoms with E-state index in [1.54, 1.807) is 58.1 Å². The fraction of sp³-hybridized carbons (Fsp3) is 0.825. The molecular formula is C57H94O18. The maximum absolute atomic E-state index is 14.0. The van der Waals surface area contributed by atoms with Crippen LogP contribution in [0.25, 0.3) is 0 Å². The molecule has 0 unspecified atom stereocenters. The van der Waals surface area contributed by atoms with Crippen LogP contribution in [0, 0.1) is 47.3 Å². The highest BCUT2D eigenvalue weighted by Gasteiger charge is 2.55. The van der Waals surface area contributed by atoms with Crippen LogP contribution in [0.15, 0.2) is 48.1 Å². The van der Waals surface area contributed by atoms with E-state index in [2.05, 4.69) is 0 Å². The first-order chi connectivity index (χ1) is 35.3. The molecule has 75 heavy (non-hydrogen) atoms. The predicted octanol–water partition coefficient (Wildman–Crippen LogP) is 5.82. The summed E-state index contributed by atoms with van der Waals surface area (Å²) in [5.74, 6) is -7.69. The lowest BCUT2D eigenvalue weighted by molar-refractivity contribution is -0.352. The molecule has 0 spiro atoms. The molecule has 5 aliphatic heterocycles. The predicted molar refractivity (Wildman–Crippen MR) is 277 cm³/mol. The maximum atomic E-state index is 14.0. The Hall–Kier alpha value is -2.66. The van der Waals surface area contributed by atoms with Crippen LogP contribution >= 0.6 is 0 Å². The summed E-state index contributed by atoms with van der Waals surface area (Å²) in [6, 6.07) is 0. The molecule has 5 aliphatic rings. The monoisotopic (exact) mass is 1070 g/mol. The molecule has 0 bridgehead atoms. The quantitative estimate of drug-likeness (QED) is 0.0998. The second-order valence-corrected chi connectivity index (χ2v) is 22.5. The molecule has 0 aromatic rings. The van der Waals surface area contributed by atoms with E-state index in [4.69, 9.17) is 47.4 Å². The van der Waals surface area contributed by atoms with Gasteiger partial charge in [-0.2, -0.15) is 0 Å². The summed E-state index contributed by atoms with van der Waals surface area (Å²) in [6.07, 6.45) is 0.922. The van der Waals surface area contributed by atoms with E-state index >= 15 is 0 Å². The van der Waals surface area contributed by atoms with Gasteiger partial charge in [-0.05, 0) is 47.5 Å². The highest BCUT2D eigenvalue weighted by atomic mass is 16.7. The highest BCUT2D eigenvalue weighted by Crippen LogP contribution is 2.47. The number of allylic oxidation sites excluding steroid dienone is 4. The standard InChI is InChI=1S/C57H94O18/c1-16-40-36(10)74-56(66-14,27-44(40)70-47-25-42(58)51(63)38(12)68-47)34(8)49(61)32(6)53-30(4)22-20-23-31(5)55(65)73-54(29(3)21-18-19-24-46(60)72-53)33(7)50(62)35(9)57(67-15)28-45(41(17-2)37(11)75-57)71-48-26-43(59)52(64)39(13)69-48/h18-24,29-30,32-45,47-54,58-59,61-64H,16-17,25-28H2,1-15H3/t29-,30-,32-,33-,34-,35-,36+,37+,38-,39-,40+,41+,42-,43-,44+,45+,47-,48-,49+,50+,51+,52+,53-,54-,56+,57+/m0/s1. The van der Waals surface area contributed by atoms with Gasteiger partial charge >= 0.3 is 11.9 Å². The Labute approximate surface area is 446 Å². The largest absolute Gasteiger partial charge is 0.458 e. The van der Waals surface area contributed by atoms with Crippen LogP contribution in [0.1, 0.15) is 129 Å². The normalized spacial score (nSPS) is 43.1. The van der Waals surface area contributed by atoms with Gasteiger partial charge in [-0.1, -0.05) is 91.8 Å². The lowest BCUT2D eigenvalue weighted by Gasteiger charge is -2.52. The van der Waals surface area contributed by atoms with Crippen molar-refractivity contribution in [3.8, 4) is 0 Å². The minimum absolute atomic E-state index is 0.0698. The minimum Gasteiger partial charge on any atom is -0.458 e. The van der Waals surface area contributed by atoms with Gasteiger partial charge in [0.15, 0.2) is 24.2 Å². The van der Waals surface area contributed by atoms with E-state index in [1.165, 1.54) is 26.4 Å². The van der Waals surface area contributed by atoms with Gasteiger partial charge < -0.3 is 78.0 Å². The fourth-order valence-electron chi connectivity index (χ4n) is 12.3. The first-order valence-electron chi connectivity index (χ1n) is 27.6. The van der Waals surface area contributed by atoms with Gasteiger partial charge in [-0.25, -0.2) is 9.59 Å². The van der Waals surface area contributed by atoms with Gasteiger partial charge in [-0.15, -0.1) is 0 Å². The Bertz CT molecular complexity index is 1920. The number of carbonyl (C=O) groups excluding carboxylic acids is 2. The van der Waals surface area contributed by atoms with Crippen LogP contribution in [0.5, 0.6) is 0 Å². The number of aliphatic hydroxyl groups is 6. The van der Waals surface area contributed by atoms with Crippen molar-refractivity contribution in [2.75, 3.05) is 14.2 Å². The number of cyclic esters (lactones) is 2. The van der Waals surface area contributed by atoms with Crippen molar-refractivity contribution in [2.45, 2.75) is 238 Å². The second kappa shape index (κ2) is 27.5. The molecule has 5 rings (SSSR count). The van der Waals surface area contributed by atoms with E-state index in [0.717, 1.165) is 0 Å². The van der Waals surface area contributed by atoms with Crippen LogP contribution in [-0.2, 0) is 57.0 Å². The van der Waals surface area contributed by atoms with E-state index in [1.807, 2.05) is 62.3 Å². The van der Waals surface area contributed by atoms with E-state index in [9.17, 15) is 40.2 Å². The average Bonchev–Trinajstić information content (AvgIpc) is 3.37. The molecule has 6 N–H and O–H groups in total. The number of ether oxygens (including phenoxy) is 10. The molecule has 4 fully saturated rings. The van der Waals surface area contributed by atoms with E-state index in [-0.39, 0.29) is 55.3 Å². The topological polar surface area (TPSA) is 248 Å². The summed E-state index contributed by atoms with van der Waals surface area (Å²) in [6.45, 7) is 23.9. The highest BCUT2D eigenvalue weighted by molar-refractivity contribution is 5.88. The third kappa shape index (κ3) is 14.8. The summed E-state index contributed by atoms with van der Waals surface area (Å²) < 4.78 is 63.1. The van der Waals surface area contributed by atoms with Gasteiger partial charge in [0.2, 0.25) is 0 Å². The van der Waals surface area contributed by atoms with E-state index < -0.39 is 145 Å². The number of aliphatic hydroxyl groups excluding tert-OH is 6. The zero-order chi connectivity index (χ0) is 55.9. The molecule has 4 saturated heterocycles. The molecular weight excluding hydrogens is 973 g/mol. The maximum Gasteiger partial charge on any atom is 0.334 e. The Balaban J connectivity index is 1.33. The zero-order valence-electron chi connectivity index (χ0n) is 47.2. The second-order valence-electron chi connectivity index (χ2n) is 22.5. The number of esters is 2. The average molecular weight is 1070 g/mol.